The molecule has 0 saturated carbocycles. The maximum absolute atomic E-state index is 10.9. The van der Waals surface area contributed by atoms with Crippen molar-refractivity contribution in [3.8, 4) is 0 Å². The third kappa shape index (κ3) is 0.589. The van der Waals surface area contributed by atoms with E-state index in [2.05, 4.69) is 11.2 Å². The summed E-state index contributed by atoms with van der Waals surface area (Å²) in [5.41, 5.74) is 1.38. The van der Waals surface area contributed by atoms with Crippen molar-refractivity contribution in [2.24, 2.45) is 4.99 Å². The fourth-order valence-electron chi connectivity index (χ4n) is 0.934. The molecule has 0 atom stereocenters. The number of Topliss-reactive ketones (excluding diaryl/α,β-unsaturated/α-hetero) is 1. The summed E-state index contributed by atoms with van der Waals surface area (Å²) in [7, 11) is 0. The molecule has 0 fully saturated rings. The highest BCUT2D eigenvalue weighted by molar-refractivity contribution is 6.39. The van der Waals surface area contributed by atoms with Gasteiger partial charge in [-0.1, -0.05) is 12.1 Å². The van der Waals surface area contributed by atoms with Crippen molar-refractivity contribution in [3.63, 3.8) is 0 Å². The summed E-state index contributed by atoms with van der Waals surface area (Å²) < 4.78 is 0. The van der Waals surface area contributed by atoms with Crippen LogP contribution in [0, 0.1) is 0 Å². The summed E-state index contributed by atoms with van der Waals surface area (Å²) in [5, 5.41) is 0. The van der Waals surface area contributed by atoms with Crippen molar-refractivity contribution in [1.29, 1.82) is 0 Å². The molecule has 47 valence electrons. The maximum atomic E-state index is 10.9. The normalized spacial score (nSPS) is 13.8. The van der Waals surface area contributed by atoms with Gasteiger partial charge in [-0.3, -0.25) is 4.79 Å². The number of carbonyl (C=O) groups excluding carboxylic acids is 1. The van der Waals surface area contributed by atoms with Crippen LogP contribution in [0.5, 0.6) is 0 Å². The minimum atomic E-state index is -0.115. The minimum Gasteiger partial charge on any atom is -0.287 e. The zero-order chi connectivity index (χ0) is 6.97. The first-order chi connectivity index (χ1) is 4.88. The number of rotatable bonds is 0. The summed E-state index contributed by atoms with van der Waals surface area (Å²) in [6.45, 7) is 0. The average Bonchev–Trinajstić information content (AvgIpc) is 2.34. The Hall–Kier alpha value is -1.44. The summed E-state index contributed by atoms with van der Waals surface area (Å²) in [6.07, 6.45) is 2.37. The van der Waals surface area contributed by atoms with Gasteiger partial charge in [0.15, 0.2) is 0 Å². The van der Waals surface area contributed by atoms with Gasteiger partial charge in [0.2, 0.25) is 5.78 Å². The quantitative estimate of drug-likeness (QED) is 0.522. The molecular formula is C8H4NO. The molecule has 1 heterocycles. The molecule has 0 amide bonds. The summed E-state index contributed by atoms with van der Waals surface area (Å²) in [5.74, 6) is -0.115. The minimum absolute atomic E-state index is 0.115. The molecule has 2 nitrogen and oxygen atoms in total. The Morgan fingerprint density at radius 2 is 2.10 bits per heavy atom. The predicted molar refractivity (Wildman–Crippen MR) is 37.9 cm³/mol. The lowest BCUT2D eigenvalue weighted by Gasteiger charge is -1.90. The molecule has 2 rings (SSSR count). The Morgan fingerprint density at radius 3 is 2.90 bits per heavy atom. The first-order valence-electron chi connectivity index (χ1n) is 2.98. The van der Waals surface area contributed by atoms with Crippen molar-refractivity contribution >= 4 is 17.7 Å². The zero-order valence-electron chi connectivity index (χ0n) is 5.16. The van der Waals surface area contributed by atoms with Gasteiger partial charge in [0.25, 0.3) is 0 Å². The van der Waals surface area contributed by atoms with E-state index >= 15 is 0 Å². The third-order valence-electron chi connectivity index (χ3n) is 1.43. The number of carbonyl (C=O) groups is 1. The van der Waals surface area contributed by atoms with Crippen molar-refractivity contribution in [2.75, 3.05) is 0 Å². The first-order valence-corrected chi connectivity index (χ1v) is 2.98. The van der Waals surface area contributed by atoms with Crippen LogP contribution in [0.2, 0.25) is 0 Å². The topological polar surface area (TPSA) is 29.4 Å². The lowest BCUT2D eigenvalue weighted by Crippen LogP contribution is -1.92. The van der Waals surface area contributed by atoms with Crippen molar-refractivity contribution < 1.29 is 4.79 Å². The van der Waals surface area contributed by atoms with E-state index < -0.39 is 0 Å². The number of fused-ring (bicyclic) bond motifs is 1. The van der Waals surface area contributed by atoms with E-state index in [0.29, 0.717) is 5.56 Å². The Balaban J connectivity index is 2.70. The van der Waals surface area contributed by atoms with E-state index in [-0.39, 0.29) is 5.78 Å². The number of ketones is 1. The molecule has 0 spiro atoms. The predicted octanol–water partition coefficient (Wildman–Crippen LogP) is 1.46. The number of benzene rings is 1. The molecule has 0 aromatic heterocycles. The van der Waals surface area contributed by atoms with Gasteiger partial charge in [-0.15, -0.1) is 0 Å². The molecule has 2 heteroatoms. The Kier molecular flexibility index (Phi) is 0.947. The van der Waals surface area contributed by atoms with Crippen molar-refractivity contribution in [1.82, 2.24) is 0 Å². The van der Waals surface area contributed by atoms with Crippen LogP contribution in [0.3, 0.4) is 0 Å². The molecule has 0 bridgehead atoms. The average molecular weight is 130 g/mol. The number of aliphatic imine (C=N–C) groups is 1. The zero-order valence-corrected chi connectivity index (χ0v) is 5.16. The van der Waals surface area contributed by atoms with Crippen molar-refractivity contribution in [3.05, 3.63) is 29.8 Å². The van der Waals surface area contributed by atoms with E-state index in [9.17, 15) is 4.79 Å². The van der Waals surface area contributed by atoms with Gasteiger partial charge in [-0.25, -0.2) is 4.99 Å². The smallest absolute Gasteiger partial charge is 0.215 e. The molecule has 0 unspecified atom stereocenters. The van der Waals surface area contributed by atoms with Crippen LogP contribution in [0.25, 0.3) is 0 Å². The summed E-state index contributed by atoms with van der Waals surface area (Å²) >= 11 is 0. The van der Waals surface area contributed by atoms with Crippen LogP contribution in [0.4, 0.5) is 5.69 Å². The largest absolute Gasteiger partial charge is 0.287 e. The number of hydrogen-bond donors (Lipinski definition) is 0. The van der Waals surface area contributed by atoms with Gasteiger partial charge >= 0.3 is 0 Å². The van der Waals surface area contributed by atoms with Crippen LogP contribution in [-0.4, -0.2) is 12.0 Å². The van der Waals surface area contributed by atoms with Crippen LogP contribution in [0.1, 0.15) is 10.4 Å². The van der Waals surface area contributed by atoms with Crippen LogP contribution in [0.15, 0.2) is 29.3 Å². The summed E-state index contributed by atoms with van der Waals surface area (Å²) in [6, 6.07) is 7.22. The van der Waals surface area contributed by atoms with E-state index in [4.69, 9.17) is 0 Å². The molecule has 0 N–H and O–H groups in total. The van der Waals surface area contributed by atoms with Crippen LogP contribution < -0.4 is 0 Å². The third-order valence-corrected chi connectivity index (χ3v) is 1.43. The van der Waals surface area contributed by atoms with Gasteiger partial charge in [0, 0.05) is 5.56 Å². The van der Waals surface area contributed by atoms with Gasteiger partial charge in [0.1, 0.15) is 6.21 Å². The van der Waals surface area contributed by atoms with E-state index in [0.717, 1.165) is 5.69 Å². The molecule has 0 aliphatic carbocycles. The second kappa shape index (κ2) is 1.77. The number of nitrogens with zero attached hydrogens (tertiary/aromatic N) is 1. The Bertz CT molecular complexity index is 315. The van der Waals surface area contributed by atoms with Crippen molar-refractivity contribution in [2.45, 2.75) is 0 Å². The number of para-hydroxylation sites is 1. The van der Waals surface area contributed by atoms with Gasteiger partial charge in [0.05, 0.1) is 5.69 Å². The highest BCUT2D eigenvalue weighted by Crippen LogP contribution is 2.22. The van der Waals surface area contributed by atoms with Gasteiger partial charge < -0.3 is 0 Å². The first kappa shape index (κ1) is 5.35. The van der Waals surface area contributed by atoms with Gasteiger partial charge in [-0.05, 0) is 12.1 Å². The molecule has 1 aliphatic rings. The van der Waals surface area contributed by atoms with E-state index in [1.807, 2.05) is 12.1 Å². The molecule has 1 aromatic carbocycles. The van der Waals surface area contributed by atoms with Crippen LogP contribution >= 0.6 is 0 Å². The standard InChI is InChI=1S/C8H4NO/c10-8-5-9-7-4-2-1-3-6(7)8/h1-4H. The molecule has 1 aromatic rings. The number of hydrogen-bond acceptors (Lipinski definition) is 2. The molecule has 1 aliphatic heterocycles. The molecule has 1 radical (unpaired) electrons. The second-order valence-electron chi connectivity index (χ2n) is 2.07. The van der Waals surface area contributed by atoms with E-state index in [1.54, 1.807) is 12.1 Å². The second-order valence-corrected chi connectivity index (χ2v) is 2.07. The Morgan fingerprint density at radius 1 is 1.30 bits per heavy atom. The van der Waals surface area contributed by atoms with Gasteiger partial charge in [-0.2, -0.15) is 0 Å². The Labute approximate surface area is 58.2 Å². The maximum Gasteiger partial charge on any atom is 0.215 e. The molecule has 0 saturated heterocycles. The van der Waals surface area contributed by atoms with Crippen LogP contribution in [-0.2, 0) is 0 Å². The monoisotopic (exact) mass is 130 g/mol. The van der Waals surface area contributed by atoms with E-state index in [1.165, 1.54) is 0 Å². The molecular weight excluding hydrogens is 126 g/mol. The molecule has 10 heavy (non-hydrogen) atoms. The fourth-order valence-corrected chi connectivity index (χ4v) is 0.934. The lowest BCUT2D eigenvalue weighted by atomic mass is 10.1. The fraction of sp³-hybridized carbons (Fsp3) is 0. The SMILES string of the molecule is O=C1[C]=Nc2ccccc21. The highest BCUT2D eigenvalue weighted by atomic mass is 16.1. The highest BCUT2D eigenvalue weighted by Gasteiger charge is 2.13. The lowest BCUT2D eigenvalue weighted by molar-refractivity contribution is 0.107. The summed E-state index contributed by atoms with van der Waals surface area (Å²) in [4.78, 5) is 14.6.